The number of fused-ring (bicyclic) bond motifs is 11. The van der Waals surface area contributed by atoms with E-state index in [-0.39, 0.29) is 6.17 Å². The maximum atomic E-state index is 6.18. The lowest BCUT2D eigenvalue weighted by Crippen LogP contribution is -2.37. The first kappa shape index (κ1) is 24.4. The van der Waals surface area contributed by atoms with Crippen LogP contribution in [0.4, 0.5) is 17.1 Å². The third kappa shape index (κ3) is 3.64. The van der Waals surface area contributed by atoms with Gasteiger partial charge in [-0.1, -0.05) is 84.9 Å². The molecule has 0 amide bonds. The molecule has 0 saturated heterocycles. The Balaban J connectivity index is 1.22. The predicted molar refractivity (Wildman–Crippen MR) is 185 cm³/mol. The van der Waals surface area contributed by atoms with Gasteiger partial charge in [-0.15, -0.1) is 0 Å². The van der Waals surface area contributed by atoms with Crippen molar-refractivity contribution in [2.24, 2.45) is 0 Å². The molecule has 212 valence electrons. The second-order valence-corrected chi connectivity index (χ2v) is 11.7. The quantitative estimate of drug-likeness (QED) is 0.211. The van der Waals surface area contributed by atoms with Crippen molar-refractivity contribution in [3.8, 4) is 0 Å². The van der Waals surface area contributed by atoms with Crippen molar-refractivity contribution < 1.29 is 8.83 Å². The van der Waals surface area contributed by atoms with Crippen molar-refractivity contribution in [3.63, 3.8) is 0 Å². The second-order valence-electron chi connectivity index (χ2n) is 11.7. The minimum atomic E-state index is -0.208. The average molecular weight is 580 g/mol. The van der Waals surface area contributed by atoms with Gasteiger partial charge in [0.15, 0.2) is 5.76 Å². The summed E-state index contributed by atoms with van der Waals surface area (Å²) >= 11 is 0. The molecule has 45 heavy (non-hydrogen) atoms. The van der Waals surface area contributed by atoms with Gasteiger partial charge in [-0.3, -0.25) is 0 Å². The largest absolute Gasteiger partial charge is 0.454 e. The summed E-state index contributed by atoms with van der Waals surface area (Å²) in [7, 11) is 0. The number of hydrogen-bond donors (Lipinski definition) is 1. The highest BCUT2D eigenvalue weighted by atomic mass is 16.3. The van der Waals surface area contributed by atoms with Crippen LogP contribution in [0.2, 0.25) is 0 Å². The fraction of sp³-hybridized carbons (Fsp3) is 0.0250. The summed E-state index contributed by atoms with van der Waals surface area (Å²) < 4.78 is 12.3. The number of benzene rings is 6. The molecule has 0 bridgehead atoms. The van der Waals surface area contributed by atoms with Crippen LogP contribution in [0.1, 0.15) is 5.76 Å². The van der Waals surface area contributed by atoms with E-state index in [1.807, 2.05) is 42.6 Å². The molecule has 1 atom stereocenters. The first-order valence-electron chi connectivity index (χ1n) is 15.2. The van der Waals surface area contributed by atoms with Crippen molar-refractivity contribution in [1.82, 2.24) is 4.98 Å². The average Bonchev–Trinajstić information content (AvgIpc) is 3.66. The molecule has 0 saturated carbocycles. The summed E-state index contributed by atoms with van der Waals surface area (Å²) in [6.45, 7) is 0. The van der Waals surface area contributed by atoms with Gasteiger partial charge < -0.3 is 19.1 Å². The highest BCUT2D eigenvalue weighted by Crippen LogP contribution is 2.41. The van der Waals surface area contributed by atoms with Gasteiger partial charge in [-0.2, -0.15) is 0 Å². The summed E-state index contributed by atoms with van der Waals surface area (Å²) in [5, 5.41) is 14.3. The molecule has 0 spiro atoms. The number of rotatable bonds is 3. The minimum Gasteiger partial charge on any atom is -0.454 e. The lowest BCUT2D eigenvalue weighted by Gasteiger charge is -2.34. The van der Waals surface area contributed by atoms with Crippen molar-refractivity contribution in [1.29, 1.82) is 0 Å². The van der Waals surface area contributed by atoms with Gasteiger partial charge in [-0.25, -0.2) is 4.98 Å². The van der Waals surface area contributed by atoms with Crippen molar-refractivity contribution >= 4 is 88.5 Å². The molecule has 3 aromatic heterocycles. The molecule has 1 aliphatic heterocycles. The maximum absolute atomic E-state index is 6.18. The van der Waals surface area contributed by atoms with Crippen LogP contribution < -0.4 is 10.2 Å². The molecule has 9 aromatic rings. The molecule has 10 rings (SSSR count). The van der Waals surface area contributed by atoms with Gasteiger partial charge in [0.1, 0.15) is 17.3 Å². The number of hydrogen-bond acceptors (Lipinski definition) is 5. The second kappa shape index (κ2) is 9.21. The molecule has 1 unspecified atom stereocenters. The zero-order valence-electron chi connectivity index (χ0n) is 24.1. The standard InChI is InChI=1S/C40H25N3O2/c1-2-8-29-24(7-1)13-15-26-16-14-25-17-18-27(21-32(25)38(26)29)43(28-22-33-30-9-3-5-11-34(30)45-40(33)41-23-28)37-20-19-36-39(42-37)31-10-4-6-12-35(31)44-36/h1-23,37,42H. The van der Waals surface area contributed by atoms with E-state index in [9.17, 15) is 0 Å². The number of aromatic nitrogens is 1. The summed E-state index contributed by atoms with van der Waals surface area (Å²) in [4.78, 5) is 7.14. The number of anilines is 3. The Morgan fingerprint density at radius 3 is 2.11 bits per heavy atom. The highest BCUT2D eigenvalue weighted by Gasteiger charge is 2.27. The summed E-state index contributed by atoms with van der Waals surface area (Å²) in [5.41, 5.74) is 5.32. The molecular formula is C40H25N3O2. The predicted octanol–water partition coefficient (Wildman–Crippen LogP) is 10.8. The molecule has 0 radical (unpaired) electrons. The van der Waals surface area contributed by atoms with E-state index in [1.54, 1.807) is 0 Å². The van der Waals surface area contributed by atoms with Crippen LogP contribution >= 0.6 is 0 Å². The number of pyridine rings is 1. The van der Waals surface area contributed by atoms with Crippen molar-refractivity contribution in [2.75, 3.05) is 10.2 Å². The highest BCUT2D eigenvalue weighted by molar-refractivity contribution is 6.20. The third-order valence-electron chi connectivity index (χ3n) is 9.11. The number of para-hydroxylation sites is 2. The van der Waals surface area contributed by atoms with Gasteiger partial charge in [0.05, 0.1) is 23.0 Å². The van der Waals surface area contributed by atoms with E-state index in [2.05, 4.69) is 107 Å². The van der Waals surface area contributed by atoms with Crippen LogP contribution in [-0.2, 0) is 0 Å². The van der Waals surface area contributed by atoms with E-state index in [0.29, 0.717) is 5.71 Å². The topological polar surface area (TPSA) is 54.4 Å². The normalized spacial score (nSPS) is 14.5. The fourth-order valence-corrected chi connectivity index (χ4v) is 7.02. The zero-order chi connectivity index (χ0) is 29.5. The molecule has 5 nitrogen and oxygen atoms in total. The van der Waals surface area contributed by atoms with E-state index in [4.69, 9.17) is 13.8 Å². The fourth-order valence-electron chi connectivity index (χ4n) is 7.02. The van der Waals surface area contributed by atoms with E-state index >= 15 is 0 Å². The van der Waals surface area contributed by atoms with Crippen LogP contribution in [0, 0.1) is 0 Å². The van der Waals surface area contributed by atoms with Gasteiger partial charge in [0, 0.05) is 16.5 Å². The van der Waals surface area contributed by atoms with Crippen molar-refractivity contribution in [3.05, 3.63) is 139 Å². The van der Waals surface area contributed by atoms with Crippen molar-refractivity contribution in [2.45, 2.75) is 6.17 Å². The van der Waals surface area contributed by atoms with E-state index in [0.717, 1.165) is 50.1 Å². The monoisotopic (exact) mass is 579 g/mol. The molecular weight excluding hydrogens is 554 g/mol. The lowest BCUT2D eigenvalue weighted by molar-refractivity contribution is 0.602. The summed E-state index contributed by atoms with van der Waals surface area (Å²) in [6, 6.07) is 42.7. The van der Waals surface area contributed by atoms with Gasteiger partial charge in [0.2, 0.25) is 5.71 Å². The Morgan fingerprint density at radius 2 is 1.24 bits per heavy atom. The van der Waals surface area contributed by atoms with Crippen LogP contribution in [0.25, 0.3) is 71.4 Å². The molecule has 6 aromatic carbocycles. The Kier molecular flexibility index (Phi) is 4.99. The Morgan fingerprint density at radius 1 is 0.578 bits per heavy atom. The van der Waals surface area contributed by atoms with E-state index in [1.165, 1.54) is 32.3 Å². The van der Waals surface area contributed by atoms with E-state index < -0.39 is 0 Å². The maximum Gasteiger partial charge on any atom is 0.227 e. The summed E-state index contributed by atoms with van der Waals surface area (Å²) in [6.07, 6.45) is 5.93. The van der Waals surface area contributed by atoms with Gasteiger partial charge in [0.25, 0.3) is 0 Å². The minimum absolute atomic E-state index is 0.208. The number of furan rings is 2. The smallest absolute Gasteiger partial charge is 0.227 e. The van der Waals surface area contributed by atoms with Crippen LogP contribution in [0.3, 0.4) is 0 Å². The Bertz CT molecular complexity index is 2660. The molecule has 0 aliphatic carbocycles. The molecule has 1 N–H and O–H groups in total. The summed E-state index contributed by atoms with van der Waals surface area (Å²) in [5.74, 6) is 0.831. The first-order valence-corrected chi connectivity index (χ1v) is 15.2. The SMILES string of the molecule is C1=CC(N(c2cnc3oc4ccccc4c3c2)c2ccc3ccc4ccc5ccccc5c4c3c2)Nc2c1oc1ccccc21. The number of nitrogens with zero attached hydrogens (tertiary/aromatic N) is 2. The zero-order valence-corrected chi connectivity index (χ0v) is 24.1. The Hall–Kier alpha value is -6.07. The Labute approximate surface area is 257 Å². The third-order valence-corrected chi connectivity index (χ3v) is 9.11. The van der Waals surface area contributed by atoms with Crippen LogP contribution in [0.5, 0.6) is 0 Å². The molecule has 5 heteroatoms. The molecule has 4 heterocycles. The van der Waals surface area contributed by atoms with Gasteiger partial charge in [-0.05, 0) is 80.9 Å². The van der Waals surface area contributed by atoms with Crippen LogP contribution in [0.15, 0.2) is 142 Å². The van der Waals surface area contributed by atoms with Crippen LogP contribution in [-0.4, -0.2) is 11.1 Å². The lowest BCUT2D eigenvalue weighted by atomic mass is 9.96. The molecule has 1 aliphatic rings. The molecule has 0 fully saturated rings. The first-order chi connectivity index (χ1) is 22.3. The number of nitrogens with one attached hydrogen (secondary N) is 1. The van der Waals surface area contributed by atoms with Gasteiger partial charge >= 0.3 is 0 Å².